The van der Waals surface area contributed by atoms with E-state index >= 15 is 0 Å². The molecule has 8 nitrogen and oxygen atoms in total. The van der Waals surface area contributed by atoms with Gasteiger partial charge < -0.3 is 5.32 Å². The summed E-state index contributed by atoms with van der Waals surface area (Å²) >= 11 is 0. The second-order valence-corrected chi connectivity index (χ2v) is 11.1. The minimum Gasteiger partial charge on any atom is -0.347 e. The summed E-state index contributed by atoms with van der Waals surface area (Å²) < 4.78 is 29.6. The van der Waals surface area contributed by atoms with Crippen molar-refractivity contribution >= 4 is 22.0 Å². The lowest BCUT2D eigenvalue weighted by atomic mass is 10.1. The van der Waals surface area contributed by atoms with Crippen LogP contribution in [-0.2, 0) is 21.4 Å². The number of para-hydroxylation sites is 1. The summed E-state index contributed by atoms with van der Waals surface area (Å²) in [5.41, 5.74) is 3.16. The van der Waals surface area contributed by atoms with Crippen molar-refractivity contribution in [1.82, 2.24) is 19.4 Å². The van der Waals surface area contributed by atoms with Crippen LogP contribution in [0.25, 0.3) is 23.0 Å². The van der Waals surface area contributed by atoms with Crippen molar-refractivity contribution < 1.29 is 13.2 Å². The van der Waals surface area contributed by atoms with Gasteiger partial charge in [0.05, 0.1) is 10.6 Å². The molecule has 1 fully saturated rings. The van der Waals surface area contributed by atoms with Crippen LogP contribution in [0.4, 0.5) is 0 Å². The summed E-state index contributed by atoms with van der Waals surface area (Å²) in [6.07, 6.45) is 4.91. The van der Waals surface area contributed by atoms with Gasteiger partial charge in [-0.05, 0) is 48.7 Å². The first kappa shape index (κ1) is 26.1. The summed E-state index contributed by atoms with van der Waals surface area (Å²) in [6.45, 7) is 1.30. The van der Waals surface area contributed by atoms with Gasteiger partial charge in [-0.3, -0.25) is 4.79 Å². The molecule has 5 rings (SSSR count). The van der Waals surface area contributed by atoms with Gasteiger partial charge >= 0.3 is 0 Å². The molecule has 0 saturated carbocycles. The molecule has 3 aromatic carbocycles. The molecule has 1 amide bonds. The first-order valence-electron chi connectivity index (χ1n) is 12.7. The van der Waals surface area contributed by atoms with E-state index in [-0.39, 0.29) is 17.0 Å². The molecular weight excluding hydrogens is 510 g/mol. The Hall–Kier alpha value is -4.52. The zero-order valence-corrected chi connectivity index (χ0v) is 22.0. The molecule has 0 spiro atoms. The molecule has 9 heteroatoms. The smallest absolute Gasteiger partial charge is 0.262 e. The molecule has 1 aliphatic heterocycles. The predicted octanol–water partition coefficient (Wildman–Crippen LogP) is 4.55. The van der Waals surface area contributed by atoms with Crippen LogP contribution in [0.5, 0.6) is 0 Å². The standard InChI is InChI=1S/C30H27N5O3S/c31-20-25(30(36)32-21-23-10-3-1-4-11-23)18-26-22-35(27-13-5-2-6-14-27)33-29(26)24-12-9-15-28(19-24)39(37,38)34-16-7-8-17-34/h1-6,9-15,18-19,22H,7-8,16-17,21H2,(H,32,36)/b25-18-. The van der Waals surface area contributed by atoms with Crippen LogP contribution in [0.15, 0.2) is 102 Å². The number of nitrogens with zero attached hydrogens (tertiary/aromatic N) is 4. The predicted molar refractivity (Wildman–Crippen MR) is 149 cm³/mol. The van der Waals surface area contributed by atoms with Crippen LogP contribution in [-0.4, -0.2) is 41.5 Å². The van der Waals surface area contributed by atoms with E-state index in [2.05, 4.69) is 5.32 Å². The van der Waals surface area contributed by atoms with E-state index in [9.17, 15) is 18.5 Å². The van der Waals surface area contributed by atoms with E-state index < -0.39 is 15.9 Å². The number of amides is 1. The number of hydrogen-bond donors (Lipinski definition) is 1. The fourth-order valence-electron chi connectivity index (χ4n) is 4.49. The van der Waals surface area contributed by atoms with Crippen LogP contribution >= 0.6 is 0 Å². The lowest BCUT2D eigenvalue weighted by molar-refractivity contribution is -0.117. The largest absolute Gasteiger partial charge is 0.347 e. The summed E-state index contributed by atoms with van der Waals surface area (Å²) in [4.78, 5) is 13.1. The molecule has 196 valence electrons. The Labute approximate surface area is 227 Å². The number of benzene rings is 3. The number of rotatable bonds is 8. The van der Waals surface area contributed by atoms with E-state index in [1.54, 1.807) is 35.1 Å². The maximum absolute atomic E-state index is 13.2. The molecular formula is C30H27N5O3S. The quantitative estimate of drug-likeness (QED) is 0.262. The van der Waals surface area contributed by atoms with E-state index in [0.717, 1.165) is 24.1 Å². The number of carbonyl (C=O) groups excluding carboxylic acids is 1. The normalized spacial score (nSPS) is 14.2. The van der Waals surface area contributed by atoms with Crippen LogP contribution in [0, 0.1) is 11.3 Å². The second kappa shape index (κ2) is 11.5. The third-order valence-corrected chi connectivity index (χ3v) is 8.43. The number of sulfonamides is 1. The fourth-order valence-corrected chi connectivity index (χ4v) is 6.05. The van der Waals surface area contributed by atoms with Crippen molar-refractivity contribution in [3.05, 3.63) is 108 Å². The Morgan fingerprint density at radius 3 is 2.36 bits per heavy atom. The minimum absolute atomic E-state index is 0.0827. The highest BCUT2D eigenvalue weighted by Gasteiger charge is 2.27. The second-order valence-electron chi connectivity index (χ2n) is 9.19. The Kier molecular flexibility index (Phi) is 7.68. The van der Waals surface area contributed by atoms with Crippen molar-refractivity contribution in [3.8, 4) is 23.0 Å². The number of aromatic nitrogens is 2. The Balaban J connectivity index is 1.53. The van der Waals surface area contributed by atoms with Crippen molar-refractivity contribution in [2.75, 3.05) is 13.1 Å². The summed E-state index contributed by atoms with van der Waals surface area (Å²) in [7, 11) is -3.64. The highest BCUT2D eigenvalue weighted by atomic mass is 32.2. The zero-order valence-electron chi connectivity index (χ0n) is 21.2. The maximum atomic E-state index is 13.2. The maximum Gasteiger partial charge on any atom is 0.262 e. The topological polar surface area (TPSA) is 108 Å². The third kappa shape index (κ3) is 5.82. The molecule has 0 aliphatic carbocycles. The lowest BCUT2D eigenvalue weighted by Crippen LogP contribution is -2.27. The Morgan fingerprint density at radius 1 is 0.974 bits per heavy atom. The Bertz CT molecular complexity index is 1650. The first-order valence-corrected chi connectivity index (χ1v) is 14.1. The molecule has 0 atom stereocenters. The first-order chi connectivity index (χ1) is 19.0. The van der Waals surface area contributed by atoms with Gasteiger partial charge in [0.2, 0.25) is 10.0 Å². The average Bonchev–Trinajstić information content (AvgIpc) is 3.67. The fraction of sp³-hybridized carbons (Fsp3) is 0.167. The molecule has 1 N–H and O–H groups in total. The van der Waals surface area contributed by atoms with Gasteiger partial charge in [-0.15, -0.1) is 0 Å². The van der Waals surface area contributed by atoms with Crippen LogP contribution in [0.2, 0.25) is 0 Å². The van der Waals surface area contributed by atoms with Gasteiger partial charge in [-0.2, -0.15) is 14.7 Å². The molecule has 2 heterocycles. The van der Waals surface area contributed by atoms with E-state index in [4.69, 9.17) is 5.10 Å². The summed E-state index contributed by atoms with van der Waals surface area (Å²) in [5.74, 6) is -0.509. The van der Waals surface area contributed by atoms with E-state index in [1.807, 2.05) is 66.7 Å². The van der Waals surface area contributed by atoms with Crippen molar-refractivity contribution in [2.24, 2.45) is 0 Å². The molecule has 1 aromatic heterocycles. The molecule has 1 saturated heterocycles. The molecule has 0 unspecified atom stereocenters. The van der Waals surface area contributed by atoms with Crippen molar-refractivity contribution in [2.45, 2.75) is 24.3 Å². The molecule has 39 heavy (non-hydrogen) atoms. The average molecular weight is 538 g/mol. The van der Waals surface area contributed by atoms with Gasteiger partial charge in [-0.1, -0.05) is 60.7 Å². The van der Waals surface area contributed by atoms with Crippen LogP contribution in [0.1, 0.15) is 24.0 Å². The highest BCUT2D eigenvalue weighted by Crippen LogP contribution is 2.29. The number of hydrogen-bond acceptors (Lipinski definition) is 5. The van der Waals surface area contributed by atoms with Gasteiger partial charge in [0, 0.05) is 37.0 Å². The molecule has 1 aliphatic rings. The third-order valence-electron chi connectivity index (χ3n) is 6.53. The van der Waals surface area contributed by atoms with Crippen molar-refractivity contribution in [1.29, 1.82) is 5.26 Å². The molecule has 0 radical (unpaired) electrons. The summed E-state index contributed by atoms with van der Waals surface area (Å²) in [5, 5.41) is 17.3. The van der Waals surface area contributed by atoms with Gasteiger partial charge in [-0.25, -0.2) is 13.1 Å². The molecule has 0 bridgehead atoms. The van der Waals surface area contributed by atoms with E-state index in [0.29, 0.717) is 29.9 Å². The zero-order chi connectivity index (χ0) is 27.2. The number of nitrogens with one attached hydrogen (secondary N) is 1. The lowest BCUT2D eigenvalue weighted by Gasteiger charge is -2.16. The van der Waals surface area contributed by atoms with E-state index in [1.165, 1.54) is 10.4 Å². The highest BCUT2D eigenvalue weighted by molar-refractivity contribution is 7.89. The van der Waals surface area contributed by atoms with Crippen LogP contribution < -0.4 is 5.32 Å². The summed E-state index contributed by atoms with van der Waals surface area (Å²) in [6, 6.07) is 27.5. The van der Waals surface area contributed by atoms with Gasteiger partial charge in [0.1, 0.15) is 17.3 Å². The SMILES string of the molecule is N#C/C(=C/c1cn(-c2ccccc2)nc1-c1cccc(S(=O)(=O)N2CCCC2)c1)C(=O)NCc1ccccc1. The van der Waals surface area contributed by atoms with Crippen molar-refractivity contribution in [3.63, 3.8) is 0 Å². The van der Waals surface area contributed by atoms with Gasteiger partial charge in [0.25, 0.3) is 5.91 Å². The monoisotopic (exact) mass is 537 g/mol. The number of nitriles is 1. The molecule has 4 aromatic rings. The van der Waals surface area contributed by atoms with Crippen LogP contribution in [0.3, 0.4) is 0 Å². The Morgan fingerprint density at radius 2 is 1.67 bits per heavy atom. The number of carbonyl (C=O) groups is 1. The minimum atomic E-state index is -3.64. The van der Waals surface area contributed by atoms with Gasteiger partial charge in [0.15, 0.2) is 0 Å².